The number of carbonyl (C=O) groups excluding carboxylic acids is 1. The second kappa shape index (κ2) is 7.62. The molecule has 1 heterocycles. The number of halogens is 1. The van der Waals surface area contributed by atoms with Gasteiger partial charge < -0.3 is 4.90 Å². The smallest absolute Gasteiger partial charge is 0.253 e. The lowest BCUT2D eigenvalue weighted by molar-refractivity contribution is 0.0697. The van der Waals surface area contributed by atoms with E-state index in [4.69, 9.17) is 24.2 Å². The third kappa shape index (κ3) is 3.96. The maximum Gasteiger partial charge on any atom is 0.253 e. The number of rotatable bonds is 3. The summed E-state index contributed by atoms with van der Waals surface area (Å²) in [5, 5.41) is 0.693. The average Bonchev–Trinajstić information content (AvgIpc) is 2.62. The lowest BCUT2D eigenvalue weighted by atomic mass is 9.98. The van der Waals surface area contributed by atoms with Gasteiger partial charge in [0.25, 0.3) is 5.91 Å². The summed E-state index contributed by atoms with van der Waals surface area (Å²) < 4.78 is 0. The summed E-state index contributed by atoms with van der Waals surface area (Å²) in [5.41, 5.74) is 2.92. The molecule has 3 rings (SSSR count). The first-order valence-corrected chi connectivity index (χ1v) is 9.27. The Bertz CT molecular complexity index is 691. The Morgan fingerprint density at radius 3 is 2.08 bits per heavy atom. The Hall–Kier alpha value is -1.45. The van der Waals surface area contributed by atoms with Crippen molar-refractivity contribution in [2.24, 2.45) is 5.92 Å². The topological polar surface area (TPSA) is 20.3 Å². The first-order valence-electron chi connectivity index (χ1n) is 8.37. The molecule has 1 fully saturated rings. The van der Waals surface area contributed by atoms with Gasteiger partial charge in [-0.25, -0.2) is 0 Å². The van der Waals surface area contributed by atoms with Gasteiger partial charge >= 0.3 is 0 Å². The number of hydrogen-bond acceptors (Lipinski definition) is 2. The molecule has 0 saturated carbocycles. The number of carbonyl (C=O) groups is 1. The minimum Gasteiger partial charge on any atom is -0.339 e. The van der Waals surface area contributed by atoms with Crippen molar-refractivity contribution in [1.29, 1.82) is 0 Å². The molecule has 24 heavy (non-hydrogen) atoms. The van der Waals surface area contributed by atoms with Gasteiger partial charge in [0.2, 0.25) is 0 Å². The molecule has 2 nitrogen and oxygen atoms in total. The largest absolute Gasteiger partial charge is 0.339 e. The van der Waals surface area contributed by atoms with Crippen LogP contribution in [0.1, 0.15) is 46.5 Å². The predicted octanol–water partition coefficient (Wildman–Crippen LogP) is 5.23. The van der Waals surface area contributed by atoms with Crippen molar-refractivity contribution in [3.8, 4) is 0 Å². The highest BCUT2D eigenvalue weighted by Crippen LogP contribution is 2.29. The second-order valence-corrected chi connectivity index (χ2v) is 7.50. The first kappa shape index (κ1) is 17.4. The fraction of sp³-hybridized carbons (Fsp3) is 0.350. The highest BCUT2D eigenvalue weighted by Gasteiger charge is 2.21. The lowest BCUT2D eigenvalue weighted by Crippen LogP contribution is -2.37. The first-order chi connectivity index (χ1) is 11.5. The number of piperidine rings is 1. The van der Waals surface area contributed by atoms with Crippen LogP contribution in [0.15, 0.2) is 48.5 Å². The summed E-state index contributed by atoms with van der Waals surface area (Å²) in [6, 6.07) is 15.5. The quantitative estimate of drug-likeness (QED) is 0.744. The zero-order chi connectivity index (χ0) is 17.1. The molecule has 0 spiro atoms. The van der Waals surface area contributed by atoms with E-state index in [2.05, 4.69) is 6.92 Å². The van der Waals surface area contributed by atoms with E-state index in [9.17, 15) is 4.79 Å². The van der Waals surface area contributed by atoms with Crippen molar-refractivity contribution >= 4 is 30.1 Å². The standard InChI is InChI=1S/C20H22ClNOS/c1-14-10-12-22(13-11-14)20(23)17-4-2-15(3-5-17)19(24)16-6-8-18(21)9-7-16/h2-9,14,19,24H,10-13H2,1H3. The number of hydrogen-bond donors (Lipinski definition) is 1. The number of amides is 1. The average molecular weight is 360 g/mol. The minimum absolute atomic E-state index is 0.0257. The van der Waals surface area contributed by atoms with E-state index in [1.165, 1.54) is 0 Å². The second-order valence-electron chi connectivity index (χ2n) is 6.55. The normalized spacial score (nSPS) is 16.9. The predicted molar refractivity (Wildman–Crippen MR) is 103 cm³/mol. The Morgan fingerprint density at radius 2 is 1.54 bits per heavy atom. The molecule has 126 valence electrons. The minimum atomic E-state index is -0.0257. The Kier molecular flexibility index (Phi) is 5.52. The number of nitrogens with zero attached hydrogens (tertiary/aromatic N) is 1. The van der Waals surface area contributed by atoms with Gasteiger partial charge in [-0.2, -0.15) is 12.6 Å². The molecule has 1 amide bonds. The van der Waals surface area contributed by atoms with Crippen molar-refractivity contribution < 1.29 is 4.79 Å². The van der Waals surface area contributed by atoms with Gasteiger partial charge in [0.1, 0.15) is 0 Å². The van der Waals surface area contributed by atoms with E-state index < -0.39 is 0 Å². The summed E-state index contributed by atoms with van der Waals surface area (Å²) in [4.78, 5) is 14.6. The van der Waals surface area contributed by atoms with Crippen LogP contribution in [0, 0.1) is 5.92 Å². The van der Waals surface area contributed by atoms with Crippen LogP contribution in [0.2, 0.25) is 5.02 Å². The Morgan fingerprint density at radius 1 is 1.04 bits per heavy atom. The van der Waals surface area contributed by atoms with Gasteiger partial charge in [-0.3, -0.25) is 4.79 Å². The molecule has 1 aliphatic rings. The molecule has 1 atom stereocenters. The van der Waals surface area contributed by atoms with E-state index in [-0.39, 0.29) is 11.2 Å². The maximum atomic E-state index is 12.6. The fourth-order valence-corrected chi connectivity index (χ4v) is 3.51. The summed E-state index contributed by atoms with van der Waals surface area (Å²) in [7, 11) is 0. The zero-order valence-corrected chi connectivity index (χ0v) is 15.4. The van der Waals surface area contributed by atoms with Crippen molar-refractivity contribution in [3.63, 3.8) is 0 Å². The van der Waals surface area contributed by atoms with Crippen molar-refractivity contribution in [1.82, 2.24) is 4.90 Å². The van der Waals surface area contributed by atoms with Crippen LogP contribution in [0.3, 0.4) is 0 Å². The van der Waals surface area contributed by atoms with E-state index in [0.717, 1.165) is 53.6 Å². The summed E-state index contributed by atoms with van der Waals surface area (Å²) in [6.45, 7) is 3.98. The van der Waals surface area contributed by atoms with Crippen LogP contribution < -0.4 is 0 Å². The molecule has 0 radical (unpaired) electrons. The van der Waals surface area contributed by atoms with Gasteiger partial charge in [-0.15, -0.1) is 0 Å². The monoisotopic (exact) mass is 359 g/mol. The third-order valence-corrected chi connectivity index (χ3v) is 5.58. The molecule has 0 N–H and O–H groups in total. The van der Waals surface area contributed by atoms with Crippen LogP contribution in [0.4, 0.5) is 0 Å². The van der Waals surface area contributed by atoms with E-state index in [1.807, 2.05) is 53.4 Å². The van der Waals surface area contributed by atoms with Crippen LogP contribution in [-0.2, 0) is 0 Å². The lowest BCUT2D eigenvalue weighted by Gasteiger charge is -2.30. The van der Waals surface area contributed by atoms with Crippen molar-refractivity contribution in [3.05, 3.63) is 70.2 Å². The van der Waals surface area contributed by atoms with Gasteiger partial charge in [-0.05, 0) is 54.2 Å². The molecule has 1 aliphatic heterocycles. The summed E-state index contributed by atoms with van der Waals surface area (Å²) in [6.07, 6.45) is 2.19. The van der Waals surface area contributed by atoms with E-state index in [1.54, 1.807) is 0 Å². The van der Waals surface area contributed by atoms with Gasteiger partial charge in [-0.1, -0.05) is 42.8 Å². The highest BCUT2D eigenvalue weighted by molar-refractivity contribution is 7.80. The van der Waals surface area contributed by atoms with Crippen molar-refractivity contribution in [2.75, 3.05) is 13.1 Å². The molecular formula is C20H22ClNOS. The molecule has 1 saturated heterocycles. The Labute approximate surface area is 154 Å². The summed E-state index contributed by atoms with van der Waals surface area (Å²) >= 11 is 10.6. The maximum absolute atomic E-state index is 12.6. The third-order valence-electron chi connectivity index (χ3n) is 4.73. The molecule has 0 aromatic heterocycles. The molecule has 4 heteroatoms. The fourth-order valence-electron chi connectivity index (χ4n) is 3.04. The summed E-state index contributed by atoms with van der Waals surface area (Å²) in [5.74, 6) is 0.858. The van der Waals surface area contributed by atoms with Crippen LogP contribution in [-0.4, -0.2) is 23.9 Å². The van der Waals surface area contributed by atoms with Crippen LogP contribution >= 0.6 is 24.2 Å². The van der Waals surface area contributed by atoms with Crippen molar-refractivity contribution in [2.45, 2.75) is 25.0 Å². The SMILES string of the molecule is CC1CCN(C(=O)c2ccc(C(S)c3ccc(Cl)cc3)cc2)CC1. The zero-order valence-electron chi connectivity index (χ0n) is 13.8. The molecule has 2 aromatic carbocycles. The molecule has 2 aromatic rings. The number of likely N-dealkylation sites (tertiary alicyclic amines) is 1. The molecule has 0 bridgehead atoms. The number of benzene rings is 2. The van der Waals surface area contributed by atoms with E-state index in [0.29, 0.717) is 0 Å². The Balaban J connectivity index is 1.70. The van der Waals surface area contributed by atoms with E-state index >= 15 is 0 Å². The highest BCUT2D eigenvalue weighted by atomic mass is 35.5. The molecular weight excluding hydrogens is 338 g/mol. The number of thiol groups is 1. The molecule has 0 aliphatic carbocycles. The van der Waals surface area contributed by atoms with Crippen LogP contribution in [0.5, 0.6) is 0 Å². The van der Waals surface area contributed by atoms with Gasteiger partial charge in [0.15, 0.2) is 0 Å². The van der Waals surface area contributed by atoms with Gasteiger partial charge in [0, 0.05) is 23.7 Å². The van der Waals surface area contributed by atoms with Crippen LogP contribution in [0.25, 0.3) is 0 Å². The molecule has 1 unspecified atom stereocenters. The van der Waals surface area contributed by atoms with Gasteiger partial charge in [0.05, 0.1) is 5.25 Å².